The molecule has 0 aromatic carbocycles. The van der Waals surface area contributed by atoms with E-state index in [1.807, 2.05) is 0 Å². The predicted octanol–water partition coefficient (Wildman–Crippen LogP) is 4.54. The van der Waals surface area contributed by atoms with E-state index in [0.717, 1.165) is 19.1 Å². The normalized spacial score (nSPS) is 15.8. The fourth-order valence-electron chi connectivity index (χ4n) is 1.72. The molecule has 1 saturated carbocycles. The van der Waals surface area contributed by atoms with Gasteiger partial charge in [0, 0.05) is 18.5 Å². The minimum atomic E-state index is 0.925. The summed E-state index contributed by atoms with van der Waals surface area (Å²) in [5.74, 6) is 0.925. The van der Waals surface area contributed by atoms with Crippen LogP contribution in [0.15, 0.2) is 0 Å². The van der Waals surface area contributed by atoms with Gasteiger partial charge in [0.15, 0.2) is 0 Å². The van der Waals surface area contributed by atoms with Gasteiger partial charge in [-0.25, -0.2) is 0 Å². The molecular weight excluding hydrogens is 252 g/mol. The van der Waals surface area contributed by atoms with Crippen LogP contribution in [0.1, 0.15) is 57.8 Å². The Hall–Kier alpha value is 0.440. The summed E-state index contributed by atoms with van der Waals surface area (Å²) in [5.41, 5.74) is 0. The molecule has 0 bridgehead atoms. The fourth-order valence-corrected chi connectivity index (χ4v) is 2.11. The van der Waals surface area contributed by atoms with Gasteiger partial charge < -0.3 is 4.74 Å². The van der Waals surface area contributed by atoms with E-state index in [-0.39, 0.29) is 0 Å². The first-order valence-corrected chi connectivity index (χ1v) is 7.69. The average Bonchev–Trinajstić information content (AvgIpc) is 3.05. The Morgan fingerprint density at radius 1 is 0.867 bits per heavy atom. The number of halogens is 1. The van der Waals surface area contributed by atoms with Crippen molar-refractivity contribution in [2.45, 2.75) is 57.8 Å². The Morgan fingerprint density at radius 3 is 2.07 bits per heavy atom. The Morgan fingerprint density at radius 2 is 1.47 bits per heavy atom. The summed E-state index contributed by atoms with van der Waals surface area (Å²) in [5, 5.41) is 1.17. The summed E-state index contributed by atoms with van der Waals surface area (Å²) >= 11 is 3.46. The van der Waals surface area contributed by atoms with Crippen LogP contribution in [0.2, 0.25) is 0 Å². The number of ether oxygens (including phenoxy) is 1. The van der Waals surface area contributed by atoms with Crippen LogP contribution in [0.4, 0.5) is 0 Å². The first kappa shape index (κ1) is 13.5. The maximum Gasteiger partial charge on any atom is 0.0494 e. The third-order valence-electron chi connectivity index (χ3n) is 2.97. The number of rotatable bonds is 11. The van der Waals surface area contributed by atoms with Gasteiger partial charge in [-0.15, -0.1) is 0 Å². The van der Waals surface area contributed by atoms with Crippen molar-refractivity contribution in [3.63, 3.8) is 0 Å². The van der Waals surface area contributed by atoms with Gasteiger partial charge >= 0.3 is 0 Å². The van der Waals surface area contributed by atoms with E-state index in [1.54, 1.807) is 0 Å². The standard InChI is InChI=1S/C13H25BrO/c14-10-6-4-2-1-3-5-7-11-15-12-13-8-9-13/h13H,1-12H2. The smallest absolute Gasteiger partial charge is 0.0494 e. The highest BCUT2D eigenvalue weighted by atomic mass is 79.9. The monoisotopic (exact) mass is 276 g/mol. The minimum absolute atomic E-state index is 0.925. The van der Waals surface area contributed by atoms with Gasteiger partial charge in [-0.2, -0.15) is 0 Å². The Kier molecular flexibility index (Phi) is 8.69. The SMILES string of the molecule is BrCCCCCCCCCOCC1CC1. The zero-order valence-electron chi connectivity index (χ0n) is 9.85. The molecule has 1 rings (SSSR count). The van der Waals surface area contributed by atoms with Crippen LogP contribution in [-0.4, -0.2) is 18.5 Å². The minimum Gasteiger partial charge on any atom is -0.381 e. The van der Waals surface area contributed by atoms with E-state index in [1.165, 1.54) is 63.1 Å². The first-order chi connectivity index (χ1) is 7.43. The molecular formula is C13H25BrO. The van der Waals surface area contributed by atoms with Gasteiger partial charge in [-0.3, -0.25) is 0 Å². The van der Waals surface area contributed by atoms with Crippen LogP contribution < -0.4 is 0 Å². The topological polar surface area (TPSA) is 9.23 Å². The third-order valence-corrected chi connectivity index (χ3v) is 3.53. The van der Waals surface area contributed by atoms with Gasteiger partial charge in [0.25, 0.3) is 0 Å². The molecule has 0 aliphatic heterocycles. The number of alkyl halides is 1. The lowest BCUT2D eigenvalue weighted by molar-refractivity contribution is 0.120. The van der Waals surface area contributed by atoms with Crippen LogP contribution >= 0.6 is 15.9 Å². The van der Waals surface area contributed by atoms with Crippen LogP contribution in [0.5, 0.6) is 0 Å². The molecule has 0 unspecified atom stereocenters. The van der Waals surface area contributed by atoms with Gasteiger partial charge in [0.2, 0.25) is 0 Å². The summed E-state index contributed by atoms with van der Waals surface area (Å²) < 4.78 is 5.60. The van der Waals surface area contributed by atoms with Crippen molar-refractivity contribution in [2.75, 3.05) is 18.5 Å². The molecule has 0 heterocycles. The summed E-state index contributed by atoms with van der Waals surface area (Å²) in [6.45, 7) is 2.03. The average molecular weight is 277 g/mol. The van der Waals surface area contributed by atoms with Crippen molar-refractivity contribution >= 4 is 15.9 Å². The lowest BCUT2D eigenvalue weighted by Crippen LogP contribution is -1.98. The van der Waals surface area contributed by atoms with Crippen molar-refractivity contribution in [3.05, 3.63) is 0 Å². The van der Waals surface area contributed by atoms with E-state index < -0.39 is 0 Å². The molecule has 0 aromatic heterocycles. The highest BCUT2D eigenvalue weighted by molar-refractivity contribution is 9.09. The van der Waals surface area contributed by atoms with Crippen molar-refractivity contribution in [2.24, 2.45) is 5.92 Å². The van der Waals surface area contributed by atoms with E-state index >= 15 is 0 Å². The molecule has 1 aliphatic carbocycles. The fraction of sp³-hybridized carbons (Fsp3) is 1.00. The molecule has 1 aliphatic rings. The molecule has 90 valence electrons. The zero-order valence-corrected chi connectivity index (χ0v) is 11.4. The van der Waals surface area contributed by atoms with Gasteiger partial charge in [0.1, 0.15) is 0 Å². The molecule has 2 heteroatoms. The van der Waals surface area contributed by atoms with E-state index in [9.17, 15) is 0 Å². The van der Waals surface area contributed by atoms with Crippen LogP contribution in [-0.2, 0) is 4.74 Å². The predicted molar refractivity (Wildman–Crippen MR) is 69.7 cm³/mol. The maximum absolute atomic E-state index is 5.60. The zero-order chi connectivity index (χ0) is 10.8. The summed E-state index contributed by atoms with van der Waals surface area (Å²) in [7, 11) is 0. The van der Waals surface area contributed by atoms with E-state index in [2.05, 4.69) is 15.9 Å². The van der Waals surface area contributed by atoms with Gasteiger partial charge in [0.05, 0.1) is 0 Å². The number of hydrogen-bond acceptors (Lipinski definition) is 1. The Bertz CT molecular complexity index is 134. The molecule has 0 spiro atoms. The second kappa shape index (κ2) is 9.65. The number of unbranched alkanes of at least 4 members (excludes halogenated alkanes) is 6. The van der Waals surface area contributed by atoms with Crippen LogP contribution in [0.25, 0.3) is 0 Å². The Labute approximate surface area is 103 Å². The first-order valence-electron chi connectivity index (χ1n) is 6.57. The molecule has 0 saturated heterocycles. The number of hydrogen-bond donors (Lipinski definition) is 0. The van der Waals surface area contributed by atoms with Gasteiger partial charge in [-0.1, -0.05) is 48.0 Å². The highest BCUT2D eigenvalue weighted by Gasteiger charge is 2.20. The maximum atomic E-state index is 5.60. The molecule has 0 N–H and O–H groups in total. The van der Waals surface area contributed by atoms with E-state index in [0.29, 0.717) is 0 Å². The molecule has 0 atom stereocenters. The molecule has 0 radical (unpaired) electrons. The van der Waals surface area contributed by atoms with Crippen LogP contribution in [0.3, 0.4) is 0 Å². The lowest BCUT2D eigenvalue weighted by atomic mass is 10.1. The lowest BCUT2D eigenvalue weighted by Gasteiger charge is -2.03. The van der Waals surface area contributed by atoms with E-state index in [4.69, 9.17) is 4.74 Å². The van der Waals surface area contributed by atoms with Gasteiger partial charge in [-0.05, 0) is 31.6 Å². The summed E-state index contributed by atoms with van der Waals surface area (Å²) in [4.78, 5) is 0. The van der Waals surface area contributed by atoms with Crippen molar-refractivity contribution < 1.29 is 4.74 Å². The second-order valence-corrected chi connectivity index (χ2v) is 5.48. The second-order valence-electron chi connectivity index (χ2n) is 4.68. The third kappa shape index (κ3) is 9.37. The molecule has 0 aromatic rings. The highest BCUT2D eigenvalue weighted by Crippen LogP contribution is 2.28. The van der Waals surface area contributed by atoms with Crippen molar-refractivity contribution in [1.82, 2.24) is 0 Å². The van der Waals surface area contributed by atoms with Crippen molar-refractivity contribution in [3.8, 4) is 0 Å². The molecule has 0 amide bonds. The summed E-state index contributed by atoms with van der Waals surface area (Å²) in [6, 6.07) is 0. The largest absolute Gasteiger partial charge is 0.381 e. The molecule has 15 heavy (non-hydrogen) atoms. The molecule has 1 nitrogen and oxygen atoms in total. The van der Waals surface area contributed by atoms with Crippen molar-refractivity contribution in [1.29, 1.82) is 0 Å². The molecule has 1 fully saturated rings. The Balaban J connectivity index is 1.62. The quantitative estimate of drug-likeness (QED) is 0.398. The van der Waals surface area contributed by atoms with Crippen LogP contribution in [0, 0.1) is 5.92 Å². The summed E-state index contributed by atoms with van der Waals surface area (Å²) in [6.07, 6.45) is 12.4.